The molecule has 1 saturated carbocycles. The summed E-state index contributed by atoms with van der Waals surface area (Å²) in [5.41, 5.74) is 0.756. The topological polar surface area (TPSA) is 138 Å². The van der Waals surface area contributed by atoms with Crippen LogP contribution in [0, 0.1) is 17.7 Å². The molecule has 1 aromatic heterocycles. The minimum Gasteiger partial charge on any atom is -0.344 e. The van der Waals surface area contributed by atoms with E-state index in [-0.39, 0.29) is 47.6 Å². The molecule has 2 N–H and O–H groups in total. The Morgan fingerprint density at radius 2 is 1.77 bits per heavy atom. The van der Waals surface area contributed by atoms with E-state index in [1.165, 1.54) is 6.07 Å². The molecule has 0 radical (unpaired) electrons. The second-order valence-corrected chi connectivity index (χ2v) is 14.1. The number of halogens is 1. The molecule has 3 amide bonds. The van der Waals surface area contributed by atoms with E-state index in [9.17, 15) is 19.2 Å². The maximum absolute atomic E-state index is 15.8. The Kier molecular flexibility index (Phi) is 11.9. The number of likely N-dealkylation sites (N-methyl/N-ethyl adjacent to an activating group) is 1. The van der Waals surface area contributed by atoms with Gasteiger partial charge < -0.3 is 20.4 Å². The number of rotatable bonds is 12. The summed E-state index contributed by atoms with van der Waals surface area (Å²) in [6, 6.07) is 2.94. The number of hydrogen-bond acceptors (Lipinski definition) is 8. The van der Waals surface area contributed by atoms with Gasteiger partial charge in [0.15, 0.2) is 11.5 Å². The van der Waals surface area contributed by atoms with Gasteiger partial charge >= 0.3 is 0 Å². The SMILES string of the molecule is CCC(=O)N[C@@H](C(=O)N1CCN(C)CC1(C)C)[C@@H](C)c1ccc(CC(=O)[C@@H](NC(=O)c2nonc2CC)C2CCC(C)CC2)c(F)c1. The predicted molar refractivity (Wildman–Crippen MR) is 175 cm³/mol. The molecule has 258 valence electrons. The minimum atomic E-state index is -0.885. The van der Waals surface area contributed by atoms with Gasteiger partial charge in [0.2, 0.25) is 11.8 Å². The molecule has 2 heterocycles. The number of amides is 3. The predicted octanol–water partition coefficient (Wildman–Crippen LogP) is 4.06. The van der Waals surface area contributed by atoms with Crippen molar-refractivity contribution in [3.8, 4) is 0 Å². The minimum absolute atomic E-state index is 0.0539. The number of benzene rings is 1. The van der Waals surface area contributed by atoms with E-state index in [0.29, 0.717) is 43.2 Å². The highest BCUT2D eigenvalue weighted by Crippen LogP contribution is 2.32. The lowest BCUT2D eigenvalue weighted by atomic mass is 9.77. The van der Waals surface area contributed by atoms with Crippen LogP contribution in [-0.4, -0.2) is 87.9 Å². The number of aromatic nitrogens is 2. The summed E-state index contributed by atoms with van der Waals surface area (Å²) in [6.07, 6.45) is 3.88. The maximum Gasteiger partial charge on any atom is 0.276 e. The van der Waals surface area contributed by atoms with Gasteiger partial charge in [-0.1, -0.05) is 57.8 Å². The number of carbonyl (C=O) groups is 4. The third-order valence-corrected chi connectivity index (χ3v) is 10.0. The van der Waals surface area contributed by atoms with E-state index >= 15 is 4.39 Å². The van der Waals surface area contributed by atoms with Crippen LogP contribution in [0.25, 0.3) is 0 Å². The highest BCUT2D eigenvalue weighted by molar-refractivity contribution is 5.97. The molecule has 4 rings (SSSR count). The van der Waals surface area contributed by atoms with Crippen LogP contribution in [0.2, 0.25) is 0 Å². The van der Waals surface area contributed by atoms with Gasteiger partial charge in [0.05, 0.1) is 11.6 Å². The number of aryl methyl sites for hydroxylation is 1. The van der Waals surface area contributed by atoms with E-state index in [2.05, 4.69) is 32.8 Å². The van der Waals surface area contributed by atoms with Crippen molar-refractivity contribution in [1.82, 2.24) is 30.7 Å². The average molecular weight is 655 g/mol. The Balaban J connectivity index is 1.54. The summed E-state index contributed by atoms with van der Waals surface area (Å²) < 4.78 is 20.5. The van der Waals surface area contributed by atoms with Crippen LogP contribution in [0.1, 0.15) is 107 Å². The molecule has 47 heavy (non-hydrogen) atoms. The van der Waals surface area contributed by atoms with Gasteiger partial charge in [-0.25, -0.2) is 9.02 Å². The van der Waals surface area contributed by atoms with Crippen molar-refractivity contribution in [3.05, 3.63) is 46.5 Å². The van der Waals surface area contributed by atoms with E-state index in [1.54, 1.807) is 26.0 Å². The maximum atomic E-state index is 15.8. The van der Waals surface area contributed by atoms with Crippen LogP contribution in [0.3, 0.4) is 0 Å². The molecule has 1 aliphatic carbocycles. The molecular formula is C35H51FN6O5. The number of ketones is 1. The van der Waals surface area contributed by atoms with Gasteiger partial charge in [0.1, 0.15) is 17.6 Å². The Morgan fingerprint density at radius 3 is 2.38 bits per heavy atom. The summed E-state index contributed by atoms with van der Waals surface area (Å²) in [5.74, 6) is -1.93. The average Bonchev–Trinajstić information content (AvgIpc) is 3.52. The Labute approximate surface area is 277 Å². The van der Waals surface area contributed by atoms with Crippen molar-refractivity contribution in [2.45, 2.75) is 110 Å². The number of nitrogens with zero attached hydrogens (tertiary/aromatic N) is 4. The summed E-state index contributed by atoms with van der Waals surface area (Å²) in [5, 5.41) is 13.3. The Bertz CT molecular complexity index is 1440. The first-order valence-electron chi connectivity index (χ1n) is 17.0. The molecule has 12 heteroatoms. The molecule has 0 bridgehead atoms. The number of nitrogens with one attached hydrogen (secondary N) is 2. The normalized spacial score (nSPS) is 21.8. The van der Waals surface area contributed by atoms with Crippen molar-refractivity contribution < 1.29 is 28.2 Å². The molecule has 11 nitrogen and oxygen atoms in total. The molecular weight excluding hydrogens is 603 g/mol. The summed E-state index contributed by atoms with van der Waals surface area (Å²) >= 11 is 0. The van der Waals surface area contributed by atoms with Crippen LogP contribution in [-0.2, 0) is 27.2 Å². The van der Waals surface area contributed by atoms with Gasteiger partial charge in [-0.3, -0.25) is 19.2 Å². The zero-order valence-corrected chi connectivity index (χ0v) is 28.9. The third kappa shape index (κ3) is 8.63. The van der Waals surface area contributed by atoms with Crippen molar-refractivity contribution in [1.29, 1.82) is 0 Å². The zero-order valence-electron chi connectivity index (χ0n) is 28.9. The number of carbonyl (C=O) groups excluding carboxylic acids is 4. The van der Waals surface area contributed by atoms with E-state index in [4.69, 9.17) is 4.63 Å². The summed E-state index contributed by atoms with van der Waals surface area (Å²) in [4.78, 5) is 57.4. The second kappa shape index (κ2) is 15.5. The fourth-order valence-corrected chi connectivity index (χ4v) is 7.03. The van der Waals surface area contributed by atoms with Crippen molar-refractivity contribution in [2.75, 3.05) is 26.7 Å². The number of piperazine rings is 1. The monoisotopic (exact) mass is 654 g/mol. The highest BCUT2D eigenvalue weighted by atomic mass is 19.1. The van der Waals surface area contributed by atoms with E-state index < -0.39 is 35.3 Å². The quantitative estimate of drug-likeness (QED) is 0.350. The molecule has 2 aromatic rings. The first-order chi connectivity index (χ1) is 22.2. The van der Waals surface area contributed by atoms with Crippen molar-refractivity contribution in [2.24, 2.45) is 11.8 Å². The smallest absolute Gasteiger partial charge is 0.276 e. The van der Waals surface area contributed by atoms with Gasteiger partial charge in [-0.05, 0) is 74.3 Å². The largest absolute Gasteiger partial charge is 0.344 e. The van der Waals surface area contributed by atoms with Crippen LogP contribution >= 0.6 is 0 Å². The highest BCUT2D eigenvalue weighted by Gasteiger charge is 2.41. The van der Waals surface area contributed by atoms with Crippen LogP contribution in [0.4, 0.5) is 4.39 Å². The molecule has 3 atom stereocenters. The molecule has 2 fully saturated rings. The molecule has 1 aliphatic heterocycles. The zero-order chi connectivity index (χ0) is 34.5. The number of hydrogen-bond donors (Lipinski definition) is 2. The first kappa shape index (κ1) is 36.2. The third-order valence-electron chi connectivity index (χ3n) is 10.0. The van der Waals surface area contributed by atoms with Crippen molar-refractivity contribution >= 4 is 23.5 Å². The molecule has 0 spiro atoms. The molecule has 2 aliphatic rings. The van der Waals surface area contributed by atoms with Gasteiger partial charge in [0.25, 0.3) is 5.91 Å². The Hall–Kier alpha value is -3.67. The van der Waals surface area contributed by atoms with Gasteiger partial charge in [-0.15, -0.1) is 0 Å². The van der Waals surface area contributed by atoms with Crippen LogP contribution < -0.4 is 10.6 Å². The van der Waals surface area contributed by atoms with Gasteiger partial charge in [0, 0.05) is 38.4 Å². The van der Waals surface area contributed by atoms with E-state index in [0.717, 1.165) is 25.7 Å². The molecule has 1 saturated heterocycles. The molecule has 0 unspecified atom stereocenters. The van der Waals surface area contributed by atoms with Crippen molar-refractivity contribution in [3.63, 3.8) is 0 Å². The van der Waals surface area contributed by atoms with E-state index in [1.807, 2.05) is 32.7 Å². The lowest BCUT2D eigenvalue weighted by molar-refractivity contribution is -0.144. The number of Topliss-reactive ketones (excluding diaryl/α,β-unsaturated/α-hetero) is 1. The summed E-state index contributed by atoms with van der Waals surface area (Å²) in [7, 11) is 2.01. The summed E-state index contributed by atoms with van der Waals surface area (Å²) in [6.45, 7) is 13.5. The second-order valence-electron chi connectivity index (χ2n) is 14.1. The molecule has 1 aromatic carbocycles. The first-order valence-corrected chi connectivity index (χ1v) is 17.0. The fourth-order valence-electron chi connectivity index (χ4n) is 7.03. The van der Waals surface area contributed by atoms with Crippen LogP contribution in [0.5, 0.6) is 0 Å². The lowest BCUT2D eigenvalue weighted by Crippen LogP contribution is -2.64. The lowest BCUT2D eigenvalue weighted by Gasteiger charge is -2.47. The fraction of sp³-hybridized carbons (Fsp3) is 0.657. The standard InChI is InChI=1S/C35H51FN6O5/c1-8-27-32(40-47-39-27)33(45)38-31(23-12-10-21(3)11-13-23)28(43)19-25-15-14-24(18-26(25)36)22(4)30(37-29(44)9-2)34(46)42-17-16-41(7)20-35(42,5)6/h14-15,18,21-23,30-31H,8-13,16-17,19-20H2,1-7H3,(H,37,44)(H,38,45)/t21?,22-,23?,30+,31-/m0/s1. The Morgan fingerprint density at radius 1 is 1.06 bits per heavy atom. The van der Waals surface area contributed by atoms with Crippen LogP contribution in [0.15, 0.2) is 22.8 Å². The van der Waals surface area contributed by atoms with Gasteiger partial charge in [-0.2, -0.15) is 0 Å².